The first-order chi connectivity index (χ1) is 15.1. The first-order valence-corrected chi connectivity index (χ1v) is 9.39. The molecule has 0 amide bonds. The molecule has 9 heteroatoms. The summed E-state index contributed by atoms with van der Waals surface area (Å²) in [6.45, 7) is 0. The minimum atomic E-state index is 0.502. The number of fused-ring (bicyclic) bond motifs is 1. The van der Waals surface area contributed by atoms with Crippen molar-refractivity contribution < 1.29 is 23.5 Å². The Balaban J connectivity index is 1.74. The molecule has 31 heavy (non-hydrogen) atoms. The third kappa shape index (κ3) is 3.65. The highest BCUT2D eigenvalue weighted by Crippen LogP contribution is 2.38. The quantitative estimate of drug-likeness (QED) is 0.437. The van der Waals surface area contributed by atoms with Crippen molar-refractivity contribution in [1.29, 1.82) is 0 Å². The van der Waals surface area contributed by atoms with Crippen molar-refractivity contribution >= 4 is 22.6 Å². The Morgan fingerprint density at radius 2 is 1.55 bits per heavy atom. The number of aromatic nitrogens is 3. The van der Waals surface area contributed by atoms with Crippen LogP contribution in [0.4, 0.5) is 11.7 Å². The van der Waals surface area contributed by atoms with E-state index in [2.05, 4.69) is 15.1 Å². The molecule has 0 atom stereocenters. The lowest BCUT2D eigenvalue weighted by atomic mass is 10.1. The molecule has 9 nitrogen and oxygen atoms in total. The van der Waals surface area contributed by atoms with Gasteiger partial charge in [0.05, 0.1) is 34.0 Å². The molecule has 0 spiro atoms. The molecule has 0 aliphatic rings. The number of benzene rings is 2. The number of hydrogen-bond acceptors (Lipinski definition) is 9. The molecule has 0 unspecified atom stereocenters. The molecule has 0 N–H and O–H groups in total. The minimum Gasteiger partial charge on any atom is -0.497 e. The van der Waals surface area contributed by atoms with Gasteiger partial charge in [0, 0.05) is 36.2 Å². The summed E-state index contributed by atoms with van der Waals surface area (Å²) in [5.74, 6) is 3.64. The van der Waals surface area contributed by atoms with Crippen LogP contribution in [0.25, 0.3) is 22.2 Å². The Morgan fingerprint density at radius 1 is 0.806 bits per heavy atom. The van der Waals surface area contributed by atoms with Gasteiger partial charge >= 0.3 is 0 Å². The zero-order chi connectivity index (χ0) is 22.0. The highest BCUT2D eigenvalue weighted by Gasteiger charge is 2.19. The fraction of sp³-hybridized carbons (Fsp3) is 0.227. The first-order valence-electron chi connectivity index (χ1n) is 9.39. The van der Waals surface area contributed by atoms with E-state index in [4.69, 9.17) is 23.5 Å². The minimum absolute atomic E-state index is 0.502. The summed E-state index contributed by atoms with van der Waals surface area (Å²) < 4.78 is 27.2. The fourth-order valence-electron chi connectivity index (χ4n) is 3.30. The third-order valence-corrected chi connectivity index (χ3v) is 4.95. The van der Waals surface area contributed by atoms with E-state index >= 15 is 0 Å². The van der Waals surface area contributed by atoms with Gasteiger partial charge in [-0.25, -0.2) is 9.97 Å². The first kappa shape index (κ1) is 20.3. The second-order valence-electron chi connectivity index (χ2n) is 6.60. The highest BCUT2D eigenvalue weighted by atomic mass is 16.5. The monoisotopic (exact) mass is 422 g/mol. The van der Waals surface area contributed by atoms with Crippen molar-refractivity contribution in [3.05, 3.63) is 42.7 Å². The van der Waals surface area contributed by atoms with Crippen LogP contribution in [0.3, 0.4) is 0 Å². The van der Waals surface area contributed by atoms with Crippen molar-refractivity contribution in [2.45, 2.75) is 0 Å². The Labute approximate surface area is 179 Å². The molecule has 2 heterocycles. The number of ether oxygens (including phenoxy) is 4. The molecule has 0 saturated heterocycles. The summed E-state index contributed by atoms with van der Waals surface area (Å²) in [4.78, 5) is 10.6. The van der Waals surface area contributed by atoms with E-state index in [1.807, 2.05) is 31.3 Å². The highest BCUT2D eigenvalue weighted by molar-refractivity contribution is 5.93. The number of methoxy groups -OCH3 is 4. The van der Waals surface area contributed by atoms with Crippen LogP contribution in [-0.2, 0) is 0 Å². The molecule has 2 aromatic carbocycles. The summed E-state index contributed by atoms with van der Waals surface area (Å²) in [6.07, 6.45) is 1.49. The van der Waals surface area contributed by atoms with Gasteiger partial charge in [0.2, 0.25) is 5.88 Å². The number of nitrogens with zero attached hydrogens (tertiary/aromatic N) is 4. The predicted octanol–water partition coefficient (Wildman–Crippen LogP) is 4.09. The zero-order valence-corrected chi connectivity index (χ0v) is 17.9. The number of hydrogen-bond donors (Lipinski definition) is 0. The van der Waals surface area contributed by atoms with Crippen LogP contribution in [0, 0.1) is 0 Å². The predicted molar refractivity (Wildman–Crippen MR) is 116 cm³/mol. The molecule has 4 rings (SSSR count). The van der Waals surface area contributed by atoms with Crippen molar-refractivity contribution in [3.8, 4) is 34.3 Å². The van der Waals surface area contributed by atoms with Crippen molar-refractivity contribution in [2.75, 3.05) is 40.4 Å². The summed E-state index contributed by atoms with van der Waals surface area (Å²) >= 11 is 0. The summed E-state index contributed by atoms with van der Waals surface area (Å²) in [6, 6.07) is 11.0. The van der Waals surface area contributed by atoms with Crippen molar-refractivity contribution in [2.24, 2.45) is 0 Å². The van der Waals surface area contributed by atoms with E-state index in [1.54, 1.807) is 45.5 Å². The van der Waals surface area contributed by atoms with Crippen LogP contribution in [0.1, 0.15) is 0 Å². The van der Waals surface area contributed by atoms with E-state index in [1.165, 1.54) is 6.33 Å². The molecule has 0 aliphatic carbocycles. The largest absolute Gasteiger partial charge is 0.497 e. The van der Waals surface area contributed by atoms with E-state index in [0.29, 0.717) is 45.9 Å². The van der Waals surface area contributed by atoms with Gasteiger partial charge in [0.1, 0.15) is 29.3 Å². The smallest absolute Gasteiger partial charge is 0.233 e. The van der Waals surface area contributed by atoms with Gasteiger partial charge in [-0.3, -0.25) is 4.90 Å². The van der Waals surface area contributed by atoms with Gasteiger partial charge in [-0.2, -0.15) is 0 Å². The van der Waals surface area contributed by atoms with Gasteiger partial charge in [-0.1, -0.05) is 5.16 Å². The van der Waals surface area contributed by atoms with E-state index in [-0.39, 0.29) is 0 Å². The second-order valence-corrected chi connectivity index (χ2v) is 6.60. The third-order valence-electron chi connectivity index (χ3n) is 4.95. The Bertz CT molecular complexity index is 1220. The standard InChI is InChI=1S/C22H22N4O5/c1-26(22-15-9-19(29-4)20(30-5)10-16(15)23-12-24-22)21-11-17(25-31-21)14-7-6-13(27-2)8-18(14)28-3/h6-12H,1-5H3. The van der Waals surface area contributed by atoms with Gasteiger partial charge in [-0.05, 0) is 18.2 Å². The molecule has 0 aliphatic heterocycles. The fourth-order valence-corrected chi connectivity index (χ4v) is 3.30. The van der Waals surface area contributed by atoms with Gasteiger partial charge < -0.3 is 23.5 Å². The van der Waals surface area contributed by atoms with Crippen molar-refractivity contribution in [1.82, 2.24) is 15.1 Å². The topological polar surface area (TPSA) is 92.0 Å². The van der Waals surface area contributed by atoms with E-state index in [0.717, 1.165) is 10.9 Å². The molecule has 0 bridgehead atoms. The average Bonchev–Trinajstić information content (AvgIpc) is 3.31. The average molecular weight is 422 g/mol. The van der Waals surface area contributed by atoms with Crippen molar-refractivity contribution in [3.63, 3.8) is 0 Å². The SMILES string of the molecule is COc1ccc(-c2cc(N(C)c3ncnc4cc(OC)c(OC)cc34)on2)c(OC)c1. The Morgan fingerprint density at radius 3 is 2.26 bits per heavy atom. The van der Waals surface area contributed by atoms with Crippen LogP contribution in [-0.4, -0.2) is 50.6 Å². The lowest BCUT2D eigenvalue weighted by Crippen LogP contribution is -2.11. The molecule has 160 valence electrons. The Kier molecular flexibility index (Phi) is 5.48. The van der Waals surface area contributed by atoms with Crippen LogP contribution in [0.15, 0.2) is 47.2 Å². The molecule has 0 radical (unpaired) electrons. The molecular weight excluding hydrogens is 400 g/mol. The molecule has 0 saturated carbocycles. The molecule has 0 fully saturated rings. The van der Waals surface area contributed by atoms with Gasteiger partial charge in [0.15, 0.2) is 11.5 Å². The van der Waals surface area contributed by atoms with Crippen LogP contribution >= 0.6 is 0 Å². The van der Waals surface area contributed by atoms with Crippen LogP contribution in [0.5, 0.6) is 23.0 Å². The van der Waals surface area contributed by atoms with Gasteiger partial charge in [0.25, 0.3) is 0 Å². The summed E-state index contributed by atoms with van der Waals surface area (Å²) in [5.41, 5.74) is 2.12. The molecule has 2 aromatic heterocycles. The van der Waals surface area contributed by atoms with E-state index in [9.17, 15) is 0 Å². The lowest BCUT2D eigenvalue weighted by molar-refractivity contribution is 0.356. The number of rotatable bonds is 7. The second kappa shape index (κ2) is 8.39. The van der Waals surface area contributed by atoms with E-state index < -0.39 is 0 Å². The van der Waals surface area contributed by atoms with Crippen LogP contribution < -0.4 is 23.8 Å². The molecular formula is C22H22N4O5. The summed E-state index contributed by atoms with van der Waals surface area (Å²) in [7, 11) is 8.21. The maximum atomic E-state index is 5.61. The number of anilines is 2. The lowest BCUT2D eigenvalue weighted by Gasteiger charge is -2.17. The molecule has 4 aromatic rings. The maximum Gasteiger partial charge on any atom is 0.233 e. The summed E-state index contributed by atoms with van der Waals surface area (Å²) in [5, 5.41) is 4.99. The van der Waals surface area contributed by atoms with Crippen LogP contribution in [0.2, 0.25) is 0 Å². The van der Waals surface area contributed by atoms with Gasteiger partial charge in [-0.15, -0.1) is 0 Å². The normalized spacial score (nSPS) is 10.7. The maximum absolute atomic E-state index is 5.61. The Hall–Kier alpha value is -4.01. The zero-order valence-electron chi connectivity index (χ0n) is 17.9.